The van der Waals surface area contributed by atoms with Crippen LogP contribution in [-0.4, -0.2) is 129 Å². The molecule has 0 bridgehead atoms. The van der Waals surface area contributed by atoms with E-state index in [1.807, 2.05) is 48.7 Å². The zero-order valence-electron chi connectivity index (χ0n) is 32.9. The molecule has 302 valence electrons. The van der Waals surface area contributed by atoms with Crippen LogP contribution in [0.5, 0.6) is 0 Å². The van der Waals surface area contributed by atoms with E-state index in [1.54, 1.807) is 18.9 Å². The van der Waals surface area contributed by atoms with Gasteiger partial charge in [0, 0.05) is 43.6 Å². The first-order chi connectivity index (χ1) is 26.4. The summed E-state index contributed by atoms with van der Waals surface area (Å²) in [6.07, 6.45) is 7.89. The molecule has 12 heteroatoms. The minimum Gasteiger partial charge on any atom is -1.00 e. The van der Waals surface area contributed by atoms with Gasteiger partial charge in [0.25, 0.3) is 0 Å². The molecule has 0 fully saturated rings. The summed E-state index contributed by atoms with van der Waals surface area (Å²) in [6.45, 7) is 14.6. The van der Waals surface area contributed by atoms with Crippen molar-refractivity contribution in [3.8, 4) is 0 Å². The average molecular weight is 875 g/mol. The highest BCUT2D eigenvalue weighted by Crippen LogP contribution is 2.44. The number of nitrogens with zero attached hydrogens (tertiary/aromatic N) is 2. The lowest BCUT2D eigenvalue weighted by Crippen LogP contribution is -3.00. The molecule has 1 aliphatic heterocycles. The standard InChI is InChI=1S/C43H59N2O9.HI/c1-36(46)44(38-13-6-5-7-14-38)19-11-10-16-41-43(2,3)42-39-15-9-8-12-37(39)17-18-40(42)45(41)20-21-48-24-25-50-28-29-52-32-33-54-35-34-53-31-30-51-27-26-49-23-22-47-4;/h5-19H,20-35H2,1-4H3;1H/q+1;/p-1. The van der Waals surface area contributed by atoms with Crippen molar-refractivity contribution >= 4 is 33.8 Å². The van der Waals surface area contributed by atoms with Gasteiger partial charge >= 0.3 is 0 Å². The Morgan fingerprint density at radius 3 is 1.65 bits per heavy atom. The maximum Gasteiger partial charge on any atom is 0.227 e. The van der Waals surface area contributed by atoms with Gasteiger partial charge in [-0.3, -0.25) is 9.69 Å². The van der Waals surface area contributed by atoms with Crippen LogP contribution in [0.25, 0.3) is 10.8 Å². The van der Waals surface area contributed by atoms with E-state index in [2.05, 4.69) is 60.9 Å². The molecule has 1 amide bonds. The summed E-state index contributed by atoms with van der Waals surface area (Å²) in [6, 6.07) is 22.6. The molecule has 3 aromatic rings. The van der Waals surface area contributed by atoms with E-state index in [0.717, 1.165) is 5.69 Å². The normalized spacial score (nSPS) is 13.6. The average Bonchev–Trinajstić information content (AvgIpc) is 3.40. The van der Waals surface area contributed by atoms with Gasteiger partial charge < -0.3 is 61.9 Å². The van der Waals surface area contributed by atoms with Gasteiger partial charge in [-0.15, -0.1) is 0 Å². The van der Waals surface area contributed by atoms with Crippen molar-refractivity contribution in [2.45, 2.75) is 26.2 Å². The van der Waals surface area contributed by atoms with Gasteiger partial charge in [-0.25, -0.2) is 0 Å². The summed E-state index contributed by atoms with van der Waals surface area (Å²) >= 11 is 0. The van der Waals surface area contributed by atoms with Gasteiger partial charge in [-0.05, 0) is 48.9 Å². The summed E-state index contributed by atoms with van der Waals surface area (Å²) in [5.74, 6) is -0.0493. The summed E-state index contributed by atoms with van der Waals surface area (Å²) in [7, 11) is 1.65. The number of carbonyl (C=O) groups excluding carboxylic acids is 1. The maximum atomic E-state index is 12.4. The van der Waals surface area contributed by atoms with E-state index in [9.17, 15) is 4.79 Å². The second-order valence-corrected chi connectivity index (χ2v) is 13.0. The van der Waals surface area contributed by atoms with Crippen molar-refractivity contribution in [3.63, 3.8) is 0 Å². The molecule has 4 rings (SSSR count). The van der Waals surface area contributed by atoms with Gasteiger partial charge in [-0.2, -0.15) is 4.58 Å². The second-order valence-electron chi connectivity index (χ2n) is 13.0. The molecule has 11 nitrogen and oxygen atoms in total. The molecule has 1 heterocycles. The van der Waals surface area contributed by atoms with Gasteiger partial charge in [0.05, 0.1) is 97.9 Å². The Bertz CT molecular complexity index is 1630. The Morgan fingerprint density at radius 2 is 1.13 bits per heavy atom. The van der Waals surface area contributed by atoms with E-state index in [4.69, 9.17) is 37.9 Å². The van der Waals surface area contributed by atoms with Crippen molar-refractivity contribution < 1.29 is 71.2 Å². The largest absolute Gasteiger partial charge is 1.00 e. The summed E-state index contributed by atoms with van der Waals surface area (Å²) in [4.78, 5) is 14.0. The van der Waals surface area contributed by atoms with Crippen molar-refractivity contribution in [1.29, 1.82) is 0 Å². The molecular formula is C43H59IN2O9. The molecule has 0 aromatic heterocycles. The molecule has 0 saturated heterocycles. The third-order valence-corrected chi connectivity index (χ3v) is 8.85. The predicted molar refractivity (Wildman–Crippen MR) is 212 cm³/mol. The van der Waals surface area contributed by atoms with Crippen LogP contribution in [0.4, 0.5) is 11.4 Å². The molecule has 1 aliphatic rings. The number of ether oxygens (including phenoxy) is 8. The fourth-order valence-electron chi connectivity index (χ4n) is 6.24. The maximum absolute atomic E-state index is 12.4. The number of methoxy groups -OCH3 is 1. The zero-order chi connectivity index (χ0) is 38.3. The van der Waals surface area contributed by atoms with Crippen LogP contribution in [0.15, 0.2) is 91.2 Å². The minimum atomic E-state index is -0.252. The quantitative estimate of drug-likeness (QED) is 0.0473. The molecule has 0 saturated carbocycles. The molecule has 0 radical (unpaired) electrons. The molecular weight excluding hydrogens is 815 g/mol. The van der Waals surface area contributed by atoms with Gasteiger partial charge in [0.1, 0.15) is 6.61 Å². The number of hydrogen-bond donors (Lipinski definition) is 0. The molecule has 0 N–H and O–H groups in total. The van der Waals surface area contributed by atoms with Gasteiger partial charge in [-0.1, -0.05) is 48.5 Å². The molecule has 0 atom stereocenters. The highest BCUT2D eigenvalue weighted by atomic mass is 127. The lowest BCUT2D eigenvalue weighted by Gasteiger charge is -2.17. The fraction of sp³-hybridized carbons (Fsp3) is 0.488. The number of para-hydroxylation sites is 1. The lowest BCUT2D eigenvalue weighted by molar-refractivity contribution is -0.442. The molecule has 55 heavy (non-hydrogen) atoms. The molecule has 0 aliphatic carbocycles. The SMILES string of the molecule is COCCOCCOCCOCCOCCOCCOCCOCC[N+]1=C(/C=C/C=C/N(C(C)=O)c2ccccc2)C(C)(C)c2c1ccc1ccccc21.[I-]. The first-order valence-corrected chi connectivity index (χ1v) is 18.8. The Hall–Kier alpha value is -3.05. The summed E-state index contributed by atoms with van der Waals surface area (Å²) < 4.78 is 46.4. The number of fused-ring (bicyclic) bond motifs is 3. The number of halogens is 1. The molecule has 0 unspecified atom stereocenters. The number of carbonyl (C=O) groups is 1. The fourth-order valence-corrected chi connectivity index (χ4v) is 6.24. The number of rotatable bonds is 28. The highest BCUT2D eigenvalue weighted by molar-refractivity contribution is 6.07. The van der Waals surface area contributed by atoms with Crippen LogP contribution in [0.1, 0.15) is 26.3 Å². The van der Waals surface area contributed by atoms with Crippen LogP contribution in [0, 0.1) is 0 Å². The monoisotopic (exact) mass is 874 g/mol. The van der Waals surface area contributed by atoms with E-state index in [0.29, 0.717) is 106 Å². The topological polar surface area (TPSA) is 97.2 Å². The van der Waals surface area contributed by atoms with Gasteiger partial charge in [0.15, 0.2) is 12.3 Å². The van der Waals surface area contributed by atoms with E-state index >= 15 is 0 Å². The Labute approximate surface area is 344 Å². The third-order valence-electron chi connectivity index (χ3n) is 8.85. The van der Waals surface area contributed by atoms with Crippen molar-refractivity contribution in [1.82, 2.24) is 0 Å². The van der Waals surface area contributed by atoms with Crippen LogP contribution in [0.3, 0.4) is 0 Å². The van der Waals surface area contributed by atoms with E-state index in [-0.39, 0.29) is 35.3 Å². The minimum absolute atomic E-state index is 0. The van der Waals surface area contributed by atoms with Crippen molar-refractivity contribution in [2.24, 2.45) is 0 Å². The van der Waals surface area contributed by atoms with Crippen LogP contribution in [-0.2, 0) is 48.1 Å². The van der Waals surface area contributed by atoms with E-state index in [1.165, 1.54) is 27.7 Å². The Morgan fingerprint density at radius 1 is 0.636 bits per heavy atom. The Kier molecular flexibility index (Phi) is 22.5. The van der Waals surface area contributed by atoms with Gasteiger partial charge in [0.2, 0.25) is 11.6 Å². The van der Waals surface area contributed by atoms with Crippen LogP contribution >= 0.6 is 0 Å². The third kappa shape index (κ3) is 15.4. The smallest absolute Gasteiger partial charge is 0.227 e. The first kappa shape index (κ1) is 46.3. The zero-order valence-corrected chi connectivity index (χ0v) is 35.1. The van der Waals surface area contributed by atoms with Crippen molar-refractivity contribution in [3.05, 3.63) is 96.7 Å². The lowest BCUT2D eigenvalue weighted by atomic mass is 9.79. The molecule has 0 spiro atoms. The second kappa shape index (κ2) is 26.7. The Balaban J connectivity index is 0.00000812. The van der Waals surface area contributed by atoms with Crippen LogP contribution in [0.2, 0.25) is 0 Å². The van der Waals surface area contributed by atoms with Crippen molar-refractivity contribution in [2.75, 3.05) is 118 Å². The number of amides is 1. The van der Waals surface area contributed by atoms with E-state index < -0.39 is 0 Å². The predicted octanol–water partition coefficient (Wildman–Crippen LogP) is 3.11. The summed E-state index contributed by atoms with van der Waals surface area (Å²) in [5, 5.41) is 2.47. The highest BCUT2D eigenvalue weighted by Gasteiger charge is 2.45. The number of allylic oxidation sites excluding steroid dienone is 3. The number of anilines is 1. The summed E-state index contributed by atoms with van der Waals surface area (Å²) in [5.41, 5.74) is 4.24. The first-order valence-electron chi connectivity index (χ1n) is 18.8. The number of hydrogen-bond acceptors (Lipinski definition) is 9. The van der Waals surface area contributed by atoms with Crippen LogP contribution < -0.4 is 28.9 Å². The number of benzene rings is 3. The molecule has 3 aromatic carbocycles.